The van der Waals surface area contributed by atoms with Gasteiger partial charge in [0.05, 0.1) is 6.04 Å². The highest BCUT2D eigenvalue weighted by Gasteiger charge is 2.34. The Morgan fingerprint density at radius 2 is 1.26 bits per heavy atom. The zero-order valence-corrected chi connectivity index (χ0v) is 16.1. The summed E-state index contributed by atoms with van der Waals surface area (Å²) in [5, 5.41) is 0.874. The lowest BCUT2D eigenvalue weighted by Crippen LogP contribution is -2.47. The Morgan fingerprint density at radius 1 is 0.704 bits per heavy atom. The Kier molecular flexibility index (Phi) is 4.48. The van der Waals surface area contributed by atoms with Crippen molar-refractivity contribution in [2.75, 3.05) is 26.2 Å². The Labute approximate surface area is 166 Å². The molecule has 5 rings (SSSR count). The molecule has 0 radical (unpaired) electrons. The van der Waals surface area contributed by atoms with Gasteiger partial charge in [-0.3, -0.25) is 9.80 Å². The lowest BCUT2D eigenvalue weighted by atomic mass is 10.0. The number of nitrogens with zero attached hydrogens (tertiary/aromatic N) is 2. The summed E-state index contributed by atoms with van der Waals surface area (Å²) in [4.78, 5) is 5.16. The fraction of sp³-hybridized carbons (Fsp3) is 0.250. The molecule has 136 valence electrons. The maximum atomic E-state index is 6.35. The summed E-state index contributed by atoms with van der Waals surface area (Å²) < 4.78 is 0. The molecule has 0 aromatic heterocycles. The van der Waals surface area contributed by atoms with Crippen molar-refractivity contribution in [3.63, 3.8) is 0 Å². The molecule has 0 saturated carbocycles. The van der Waals surface area contributed by atoms with E-state index in [9.17, 15) is 0 Å². The van der Waals surface area contributed by atoms with Gasteiger partial charge in [-0.15, -0.1) is 0 Å². The number of hydrogen-bond donors (Lipinski definition) is 0. The molecule has 3 aromatic carbocycles. The van der Waals surface area contributed by atoms with Crippen molar-refractivity contribution < 1.29 is 0 Å². The Bertz CT molecular complexity index is 914. The number of benzene rings is 3. The van der Waals surface area contributed by atoms with Crippen LogP contribution in [0.3, 0.4) is 0 Å². The molecule has 1 heterocycles. The van der Waals surface area contributed by atoms with Gasteiger partial charge in [-0.05, 0) is 33.9 Å². The molecule has 3 aromatic rings. The van der Waals surface area contributed by atoms with E-state index in [1.165, 1.54) is 27.8 Å². The molecule has 27 heavy (non-hydrogen) atoms. The summed E-state index contributed by atoms with van der Waals surface area (Å²) in [6.45, 7) is 5.25. The zero-order valence-electron chi connectivity index (χ0n) is 15.3. The van der Waals surface area contributed by atoms with E-state index in [2.05, 4.69) is 70.5 Å². The molecule has 1 aliphatic carbocycles. The second-order valence-electron chi connectivity index (χ2n) is 7.48. The van der Waals surface area contributed by atoms with Gasteiger partial charge in [0.25, 0.3) is 0 Å². The third kappa shape index (κ3) is 3.08. The van der Waals surface area contributed by atoms with Crippen LogP contribution in [0.4, 0.5) is 0 Å². The third-order valence-corrected chi connectivity index (χ3v) is 6.29. The summed E-state index contributed by atoms with van der Waals surface area (Å²) in [5.74, 6) is 0. The van der Waals surface area contributed by atoms with Crippen molar-refractivity contribution in [1.29, 1.82) is 0 Å². The first-order valence-electron chi connectivity index (χ1n) is 9.69. The topological polar surface area (TPSA) is 6.48 Å². The van der Waals surface area contributed by atoms with Crippen LogP contribution >= 0.6 is 11.6 Å². The first-order valence-corrected chi connectivity index (χ1v) is 10.1. The summed E-state index contributed by atoms with van der Waals surface area (Å²) >= 11 is 6.35. The molecular weight excluding hydrogens is 352 g/mol. The van der Waals surface area contributed by atoms with Crippen LogP contribution in [0.15, 0.2) is 72.8 Å². The molecule has 0 bridgehead atoms. The number of halogens is 1. The standard InChI is InChI=1S/C24H23ClN2/c25-23-12-6-1-7-18(23)17-26-13-15-27(16-14-26)24-21-10-4-2-8-19(21)20-9-3-5-11-22(20)24/h1-12,24H,13-17H2. The minimum Gasteiger partial charge on any atom is -0.296 e. The van der Waals surface area contributed by atoms with Gasteiger partial charge in [-0.25, -0.2) is 0 Å². The normalized spacial score (nSPS) is 17.7. The number of hydrogen-bond acceptors (Lipinski definition) is 2. The van der Waals surface area contributed by atoms with Gasteiger partial charge in [0.15, 0.2) is 0 Å². The molecule has 1 saturated heterocycles. The second kappa shape index (κ2) is 7.12. The molecular formula is C24H23ClN2. The number of fused-ring (bicyclic) bond motifs is 3. The molecule has 0 amide bonds. The van der Waals surface area contributed by atoms with Crippen LogP contribution in [0, 0.1) is 0 Å². The van der Waals surface area contributed by atoms with Crippen LogP contribution in [0.1, 0.15) is 22.7 Å². The first-order chi connectivity index (χ1) is 13.3. The first kappa shape index (κ1) is 17.0. The predicted octanol–water partition coefficient (Wildman–Crippen LogP) is 5.23. The fourth-order valence-corrected chi connectivity index (χ4v) is 4.77. The molecule has 1 fully saturated rings. The number of rotatable bonds is 3. The van der Waals surface area contributed by atoms with Crippen LogP contribution < -0.4 is 0 Å². The van der Waals surface area contributed by atoms with E-state index in [1.807, 2.05) is 12.1 Å². The van der Waals surface area contributed by atoms with Gasteiger partial charge in [0, 0.05) is 37.7 Å². The average Bonchev–Trinajstić information content (AvgIpc) is 3.05. The molecule has 2 nitrogen and oxygen atoms in total. The highest BCUT2D eigenvalue weighted by molar-refractivity contribution is 6.31. The van der Waals surface area contributed by atoms with Crippen LogP contribution in [-0.2, 0) is 6.54 Å². The second-order valence-corrected chi connectivity index (χ2v) is 7.89. The van der Waals surface area contributed by atoms with Crippen molar-refractivity contribution in [3.05, 3.63) is 94.5 Å². The van der Waals surface area contributed by atoms with Crippen LogP contribution in [0.2, 0.25) is 5.02 Å². The molecule has 0 unspecified atom stereocenters. The van der Waals surface area contributed by atoms with E-state index in [-0.39, 0.29) is 0 Å². The highest BCUT2D eigenvalue weighted by Crippen LogP contribution is 2.46. The van der Waals surface area contributed by atoms with Crippen molar-refractivity contribution in [2.45, 2.75) is 12.6 Å². The summed E-state index contributed by atoms with van der Waals surface area (Å²) in [6, 6.07) is 26.4. The van der Waals surface area contributed by atoms with Crippen LogP contribution in [-0.4, -0.2) is 36.0 Å². The third-order valence-electron chi connectivity index (χ3n) is 5.92. The molecule has 0 N–H and O–H groups in total. The quantitative estimate of drug-likeness (QED) is 0.619. The lowest BCUT2D eigenvalue weighted by Gasteiger charge is -2.38. The van der Waals surface area contributed by atoms with Gasteiger partial charge in [0.2, 0.25) is 0 Å². The van der Waals surface area contributed by atoms with Gasteiger partial charge < -0.3 is 0 Å². The maximum Gasteiger partial charge on any atom is 0.0614 e. The van der Waals surface area contributed by atoms with Gasteiger partial charge in [0.1, 0.15) is 0 Å². The zero-order chi connectivity index (χ0) is 18.2. The largest absolute Gasteiger partial charge is 0.296 e. The van der Waals surface area contributed by atoms with E-state index in [0.717, 1.165) is 37.7 Å². The lowest BCUT2D eigenvalue weighted by molar-refractivity contribution is 0.106. The SMILES string of the molecule is Clc1ccccc1CN1CCN(C2c3ccccc3-c3ccccc32)CC1. The van der Waals surface area contributed by atoms with E-state index in [4.69, 9.17) is 11.6 Å². The number of piperazine rings is 1. The summed E-state index contributed by atoms with van der Waals surface area (Å²) in [5.41, 5.74) is 6.94. The smallest absolute Gasteiger partial charge is 0.0614 e. The van der Waals surface area contributed by atoms with Crippen molar-refractivity contribution in [2.24, 2.45) is 0 Å². The van der Waals surface area contributed by atoms with E-state index in [0.29, 0.717) is 6.04 Å². The Morgan fingerprint density at radius 3 is 1.89 bits per heavy atom. The Hall–Kier alpha value is -2.13. The summed E-state index contributed by atoms with van der Waals surface area (Å²) in [7, 11) is 0. The van der Waals surface area contributed by atoms with Gasteiger partial charge in [-0.2, -0.15) is 0 Å². The molecule has 0 spiro atoms. The van der Waals surface area contributed by atoms with E-state index >= 15 is 0 Å². The molecule has 3 heteroatoms. The maximum absolute atomic E-state index is 6.35. The van der Waals surface area contributed by atoms with Crippen molar-refractivity contribution in [3.8, 4) is 11.1 Å². The van der Waals surface area contributed by atoms with Crippen LogP contribution in [0.25, 0.3) is 11.1 Å². The van der Waals surface area contributed by atoms with Crippen molar-refractivity contribution in [1.82, 2.24) is 9.80 Å². The summed E-state index contributed by atoms with van der Waals surface area (Å²) in [6.07, 6.45) is 0. The predicted molar refractivity (Wildman–Crippen MR) is 112 cm³/mol. The molecule has 2 aliphatic rings. The fourth-order valence-electron chi connectivity index (χ4n) is 4.57. The molecule has 0 atom stereocenters. The van der Waals surface area contributed by atoms with Gasteiger partial charge >= 0.3 is 0 Å². The highest BCUT2D eigenvalue weighted by atomic mass is 35.5. The minimum atomic E-state index is 0.389. The monoisotopic (exact) mass is 374 g/mol. The Balaban J connectivity index is 1.35. The molecule has 1 aliphatic heterocycles. The van der Waals surface area contributed by atoms with E-state index in [1.54, 1.807) is 0 Å². The van der Waals surface area contributed by atoms with Crippen molar-refractivity contribution >= 4 is 11.6 Å². The van der Waals surface area contributed by atoms with Gasteiger partial charge in [-0.1, -0.05) is 78.3 Å². The minimum absolute atomic E-state index is 0.389. The average molecular weight is 375 g/mol. The van der Waals surface area contributed by atoms with Crippen LogP contribution in [0.5, 0.6) is 0 Å². The van der Waals surface area contributed by atoms with E-state index < -0.39 is 0 Å².